The van der Waals surface area contributed by atoms with Crippen LogP contribution in [0.2, 0.25) is 0 Å². The SMILES string of the molecule is Cn1ccnc1CCNC(=O)C1CC=CCC1. The first-order chi connectivity index (χ1) is 8.27. The van der Waals surface area contributed by atoms with Gasteiger partial charge in [-0.05, 0) is 19.3 Å². The van der Waals surface area contributed by atoms with Gasteiger partial charge in [0, 0.05) is 38.3 Å². The standard InChI is InChI=1S/C13H19N3O/c1-16-10-9-14-12(16)7-8-15-13(17)11-5-3-2-4-6-11/h2-3,9-11H,4-8H2,1H3,(H,15,17). The number of hydrogen-bond acceptors (Lipinski definition) is 2. The third kappa shape index (κ3) is 3.19. The number of carbonyl (C=O) groups excluding carboxylic acids is 1. The Bertz CT molecular complexity index is 409. The maximum absolute atomic E-state index is 11.8. The largest absolute Gasteiger partial charge is 0.355 e. The van der Waals surface area contributed by atoms with Gasteiger partial charge in [-0.15, -0.1) is 0 Å². The summed E-state index contributed by atoms with van der Waals surface area (Å²) in [4.78, 5) is 16.1. The van der Waals surface area contributed by atoms with Gasteiger partial charge in [-0.2, -0.15) is 0 Å². The average Bonchev–Trinajstić information content (AvgIpc) is 2.76. The Kier molecular flexibility index (Phi) is 3.96. The van der Waals surface area contributed by atoms with Crippen molar-refractivity contribution < 1.29 is 4.79 Å². The highest BCUT2D eigenvalue weighted by atomic mass is 16.1. The second kappa shape index (κ2) is 5.66. The summed E-state index contributed by atoms with van der Waals surface area (Å²) in [6, 6.07) is 0. The van der Waals surface area contributed by atoms with Crippen molar-refractivity contribution in [3.8, 4) is 0 Å². The Morgan fingerprint density at radius 2 is 2.47 bits per heavy atom. The first kappa shape index (κ1) is 11.9. The number of allylic oxidation sites excluding steroid dienone is 2. The Morgan fingerprint density at radius 3 is 3.12 bits per heavy atom. The maximum Gasteiger partial charge on any atom is 0.223 e. The fourth-order valence-electron chi connectivity index (χ4n) is 2.11. The minimum absolute atomic E-state index is 0.168. The van der Waals surface area contributed by atoms with Gasteiger partial charge in [0.15, 0.2) is 0 Å². The lowest BCUT2D eigenvalue weighted by atomic mass is 9.94. The monoisotopic (exact) mass is 233 g/mol. The molecule has 0 spiro atoms. The minimum Gasteiger partial charge on any atom is -0.355 e. The molecule has 1 heterocycles. The molecule has 1 N–H and O–H groups in total. The van der Waals surface area contributed by atoms with Gasteiger partial charge in [0.1, 0.15) is 5.82 Å². The van der Waals surface area contributed by atoms with E-state index in [4.69, 9.17) is 0 Å². The molecule has 1 unspecified atom stereocenters. The molecule has 0 radical (unpaired) electrons. The van der Waals surface area contributed by atoms with Crippen molar-refractivity contribution in [3.05, 3.63) is 30.4 Å². The van der Waals surface area contributed by atoms with Crippen LogP contribution in [0.15, 0.2) is 24.5 Å². The second-order valence-electron chi connectivity index (χ2n) is 4.48. The van der Waals surface area contributed by atoms with Gasteiger partial charge < -0.3 is 9.88 Å². The minimum atomic E-state index is 0.168. The van der Waals surface area contributed by atoms with E-state index in [1.54, 1.807) is 6.20 Å². The molecule has 1 atom stereocenters. The Balaban J connectivity index is 1.73. The number of nitrogens with zero attached hydrogens (tertiary/aromatic N) is 2. The highest BCUT2D eigenvalue weighted by Gasteiger charge is 2.17. The predicted octanol–water partition coefficient (Wildman–Crippen LogP) is 1.44. The molecule has 0 saturated carbocycles. The third-order valence-corrected chi connectivity index (χ3v) is 3.21. The number of amides is 1. The molecule has 17 heavy (non-hydrogen) atoms. The number of carbonyl (C=O) groups is 1. The fraction of sp³-hybridized carbons (Fsp3) is 0.538. The molecular formula is C13H19N3O. The predicted molar refractivity (Wildman–Crippen MR) is 66.4 cm³/mol. The van der Waals surface area contributed by atoms with Crippen LogP contribution in [0.4, 0.5) is 0 Å². The van der Waals surface area contributed by atoms with E-state index in [2.05, 4.69) is 22.5 Å². The quantitative estimate of drug-likeness (QED) is 0.800. The molecule has 4 nitrogen and oxygen atoms in total. The fourth-order valence-corrected chi connectivity index (χ4v) is 2.11. The molecule has 0 bridgehead atoms. The van der Waals surface area contributed by atoms with Crippen LogP contribution >= 0.6 is 0 Å². The molecular weight excluding hydrogens is 214 g/mol. The van der Waals surface area contributed by atoms with E-state index in [-0.39, 0.29) is 11.8 Å². The second-order valence-corrected chi connectivity index (χ2v) is 4.48. The van der Waals surface area contributed by atoms with Gasteiger partial charge in [-0.3, -0.25) is 4.79 Å². The zero-order valence-corrected chi connectivity index (χ0v) is 10.2. The summed E-state index contributed by atoms with van der Waals surface area (Å²) in [7, 11) is 1.97. The van der Waals surface area contributed by atoms with Crippen molar-refractivity contribution in [2.24, 2.45) is 13.0 Å². The third-order valence-electron chi connectivity index (χ3n) is 3.21. The lowest BCUT2D eigenvalue weighted by Gasteiger charge is -2.17. The van der Waals surface area contributed by atoms with Crippen LogP contribution in [0.3, 0.4) is 0 Å². The number of aryl methyl sites for hydroxylation is 1. The molecule has 1 aliphatic carbocycles. The van der Waals surface area contributed by atoms with Crippen molar-refractivity contribution in [3.63, 3.8) is 0 Å². The summed E-state index contributed by atoms with van der Waals surface area (Å²) in [6.45, 7) is 0.671. The molecule has 1 aromatic heterocycles. The van der Waals surface area contributed by atoms with Crippen molar-refractivity contribution in [1.82, 2.24) is 14.9 Å². The maximum atomic E-state index is 11.8. The summed E-state index contributed by atoms with van der Waals surface area (Å²) in [5, 5.41) is 2.99. The molecule has 1 amide bonds. The van der Waals surface area contributed by atoms with Crippen LogP contribution in [0.5, 0.6) is 0 Å². The van der Waals surface area contributed by atoms with Gasteiger partial charge >= 0.3 is 0 Å². The molecule has 0 fully saturated rings. The molecule has 92 valence electrons. The van der Waals surface area contributed by atoms with E-state index in [0.29, 0.717) is 6.54 Å². The molecule has 1 aromatic rings. The number of aromatic nitrogens is 2. The zero-order chi connectivity index (χ0) is 12.1. The van der Waals surface area contributed by atoms with Crippen LogP contribution in [0.1, 0.15) is 25.1 Å². The summed E-state index contributed by atoms with van der Waals surface area (Å²) >= 11 is 0. The van der Waals surface area contributed by atoms with Crippen LogP contribution in [0, 0.1) is 5.92 Å². The first-order valence-electron chi connectivity index (χ1n) is 6.16. The number of nitrogens with one attached hydrogen (secondary N) is 1. The van der Waals surface area contributed by atoms with E-state index < -0.39 is 0 Å². The normalized spacial score (nSPS) is 19.2. The van der Waals surface area contributed by atoms with Gasteiger partial charge in [0.25, 0.3) is 0 Å². The molecule has 2 rings (SSSR count). The van der Waals surface area contributed by atoms with Gasteiger partial charge in [-0.25, -0.2) is 4.98 Å². The summed E-state index contributed by atoms with van der Waals surface area (Å²) < 4.78 is 1.98. The van der Waals surface area contributed by atoms with Gasteiger partial charge in [-0.1, -0.05) is 12.2 Å². The van der Waals surface area contributed by atoms with Crippen molar-refractivity contribution in [2.45, 2.75) is 25.7 Å². The molecule has 0 aromatic carbocycles. The van der Waals surface area contributed by atoms with E-state index in [9.17, 15) is 4.79 Å². The number of imidazole rings is 1. The lowest BCUT2D eigenvalue weighted by molar-refractivity contribution is -0.125. The van der Waals surface area contributed by atoms with E-state index in [0.717, 1.165) is 31.5 Å². The zero-order valence-electron chi connectivity index (χ0n) is 10.2. The topological polar surface area (TPSA) is 46.9 Å². The number of rotatable bonds is 4. The van der Waals surface area contributed by atoms with Crippen molar-refractivity contribution in [1.29, 1.82) is 0 Å². The molecule has 0 aliphatic heterocycles. The smallest absolute Gasteiger partial charge is 0.223 e. The molecule has 4 heteroatoms. The highest BCUT2D eigenvalue weighted by Crippen LogP contribution is 2.17. The Labute approximate surface area is 102 Å². The van der Waals surface area contributed by atoms with Gasteiger partial charge in [0.2, 0.25) is 5.91 Å². The summed E-state index contributed by atoms with van der Waals surface area (Å²) in [6.07, 6.45) is 11.6. The number of hydrogen-bond donors (Lipinski definition) is 1. The molecule has 1 aliphatic rings. The summed E-state index contributed by atoms with van der Waals surface area (Å²) in [5.74, 6) is 1.36. The van der Waals surface area contributed by atoms with E-state index in [1.807, 2.05) is 17.8 Å². The van der Waals surface area contributed by atoms with Crippen LogP contribution in [-0.2, 0) is 18.3 Å². The lowest BCUT2D eigenvalue weighted by Crippen LogP contribution is -2.32. The van der Waals surface area contributed by atoms with E-state index in [1.165, 1.54) is 0 Å². The van der Waals surface area contributed by atoms with Crippen LogP contribution in [0.25, 0.3) is 0 Å². The summed E-state index contributed by atoms with van der Waals surface area (Å²) in [5.41, 5.74) is 0. The van der Waals surface area contributed by atoms with Gasteiger partial charge in [0.05, 0.1) is 0 Å². The highest BCUT2D eigenvalue weighted by molar-refractivity contribution is 5.78. The molecule has 0 saturated heterocycles. The van der Waals surface area contributed by atoms with Crippen molar-refractivity contribution in [2.75, 3.05) is 6.54 Å². The Hall–Kier alpha value is -1.58. The van der Waals surface area contributed by atoms with Crippen LogP contribution in [-0.4, -0.2) is 22.0 Å². The van der Waals surface area contributed by atoms with Crippen LogP contribution < -0.4 is 5.32 Å². The van der Waals surface area contributed by atoms with E-state index >= 15 is 0 Å². The first-order valence-corrected chi connectivity index (χ1v) is 6.16. The van der Waals surface area contributed by atoms with Crippen molar-refractivity contribution >= 4 is 5.91 Å². The average molecular weight is 233 g/mol. The Morgan fingerprint density at radius 1 is 1.59 bits per heavy atom.